The maximum absolute atomic E-state index is 11.1. The van der Waals surface area contributed by atoms with E-state index in [-0.39, 0.29) is 6.17 Å². The van der Waals surface area contributed by atoms with Gasteiger partial charge in [-0.05, 0) is 43.1 Å². The molecule has 6 nitrogen and oxygen atoms in total. The van der Waals surface area contributed by atoms with Gasteiger partial charge in [0.15, 0.2) is 0 Å². The molecule has 0 amide bonds. The highest BCUT2D eigenvalue weighted by Gasteiger charge is 2.16. The molecule has 1 rings (SSSR count). The standard InChI is InChI=1S/C14H20N4O2/c1-3-18(4-2)13(16-17-15)10-9-11-7-5-6-8-12(11)14(19)20/h5-8,13H,3-4,9-10H2,1-2H3,(H,19,20). The summed E-state index contributed by atoms with van der Waals surface area (Å²) in [6.07, 6.45) is 0.940. The summed E-state index contributed by atoms with van der Waals surface area (Å²) in [5.74, 6) is -0.927. The van der Waals surface area contributed by atoms with E-state index in [1.807, 2.05) is 19.9 Å². The highest BCUT2D eigenvalue weighted by Crippen LogP contribution is 2.15. The van der Waals surface area contributed by atoms with Gasteiger partial charge in [0.05, 0.1) is 11.7 Å². The summed E-state index contributed by atoms with van der Waals surface area (Å²) in [5.41, 5.74) is 9.73. The minimum absolute atomic E-state index is 0.239. The minimum Gasteiger partial charge on any atom is -0.478 e. The third-order valence-corrected chi connectivity index (χ3v) is 3.34. The van der Waals surface area contributed by atoms with Crippen molar-refractivity contribution in [1.29, 1.82) is 0 Å². The van der Waals surface area contributed by atoms with Crippen LogP contribution in [0, 0.1) is 0 Å². The second-order valence-corrected chi connectivity index (χ2v) is 4.41. The van der Waals surface area contributed by atoms with E-state index >= 15 is 0 Å². The average molecular weight is 276 g/mol. The second kappa shape index (κ2) is 8.19. The SMILES string of the molecule is CCN(CC)C(CCc1ccccc1C(=O)O)N=[N+]=[N-]. The van der Waals surface area contributed by atoms with Crippen LogP contribution < -0.4 is 0 Å². The number of hydrogen-bond donors (Lipinski definition) is 1. The summed E-state index contributed by atoms with van der Waals surface area (Å²) in [6, 6.07) is 6.93. The molecule has 0 saturated heterocycles. The number of nitrogens with zero attached hydrogens (tertiary/aromatic N) is 4. The van der Waals surface area contributed by atoms with Crippen LogP contribution in [0.25, 0.3) is 10.4 Å². The largest absolute Gasteiger partial charge is 0.478 e. The molecule has 1 aromatic rings. The van der Waals surface area contributed by atoms with Gasteiger partial charge in [-0.15, -0.1) is 0 Å². The van der Waals surface area contributed by atoms with E-state index in [1.54, 1.807) is 18.2 Å². The van der Waals surface area contributed by atoms with Gasteiger partial charge in [0.1, 0.15) is 0 Å². The van der Waals surface area contributed by atoms with Gasteiger partial charge in [0, 0.05) is 4.91 Å². The van der Waals surface area contributed by atoms with E-state index in [9.17, 15) is 4.79 Å². The van der Waals surface area contributed by atoms with Crippen molar-refractivity contribution in [2.45, 2.75) is 32.9 Å². The van der Waals surface area contributed by atoms with Crippen LogP contribution in [-0.2, 0) is 6.42 Å². The molecule has 0 aliphatic heterocycles. The van der Waals surface area contributed by atoms with Gasteiger partial charge in [-0.1, -0.05) is 37.2 Å². The molecule has 20 heavy (non-hydrogen) atoms. The van der Waals surface area contributed by atoms with Crippen LogP contribution in [0.2, 0.25) is 0 Å². The maximum Gasteiger partial charge on any atom is 0.335 e. The number of rotatable bonds is 8. The molecule has 1 N–H and O–H groups in total. The van der Waals surface area contributed by atoms with Crippen LogP contribution in [-0.4, -0.2) is 35.2 Å². The first-order chi connectivity index (χ1) is 9.63. The van der Waals surface area contributed by atoms with Crippen molar-refractivity contribution in [1.82, 2.24) is 4.90 Å². The number of benzene rings is 1. The Hall–Kier alpha value is -2.04. The Morgan fingerprint density at radius 2 is 2.05 bits per heavy atom. The first kappa shape index (κ1) is 16.0. The Morgan fingerprint density at radius 1 is 1.40 bits per heavy atom. The summed E-state index contributed by atoms with van der Waals surface area (Å²) in [7, 11) is 0. The number of hydrogen-bond acceptors (Lipinski definition) is 3. The maximum atomic E-state index is 11.1. The summed E-state index contributed by atoms with van der Waals surface area (Å²) in [5, 5.41) is 13.0. The van der Waals surface area contributed by atoms with E-state index < -0.39 is 5.97 Å². The van der Waals surface area contributed by atoms with Crippen molar-refractivity contribution in [3.05, 3.63) is 45.8 Å². The average Bonchev–Trinajstić information content (AvgIpc) is 2.46. The molecule has 1 unspecified atom stereocenters. The van der Waals surface area contributed by atoms with Crippen molar-refractivity contribution < 1.29 is 9.90 Å². The van der Waals surface area contributed by atoms with Gasteiger partial charge < -0.3 is 5.11 Å². The molecule has 0 fully saturated rings. The molecule has 0 saturated carbocycles. The predicted octanol–water partition coefficient (Wildman–Crippen LogP) is 3.30. The topological polar surface area (TPSA) is 89.3 Å². The number of carbonyl (C=O) groups is 1. The molecule has 6 heteroatoms. The van der Waals surface area contributed by atoms with Crippen molar-refractivity contribution >= 4 is 5.97 Å². The monoisotopic (exact) mass is 276 g/mol. The highest BCUT2D eigenvalue weighted by molar-refractivity contribution is 5.89. The first-order valence-electron chi connectivity index (χ1n) is 6.73. The van der Waals surface area contributed by atoms with Gasteiger partial charge in [-0.2, -0.15) is 0 Å². The van der Waals surface area contributed by atoms with Crippen molar-refractivity contribution in [3.8, 4) is 0 Å². The number of azide groups is 1. The molecule has 108 valence electrons. The Balaban J connectivity index is 2.82. The Morgan fingerprint density at radius 3 is 2.60 bits per heavy atom. The minimum atomic E-state index is -0.927. The van der Waals surface area contributed by atoms with Gasteiger partial charge in [-0.3, -0.25) is 4.90 Å². The lowest BCUT2D eigenvalue weighted by atomic mass is 10.0. The molecular weight excluding hydrogens is 256 g/mol. The van der Waals surface area contributed by atoms with Crippen molar-refractivity contribution in [2.75, 3.05) is 13.1 Å². The number of carboxylic acids is 1. The van der Waals surface area contributed by atoms with Gasteiger partial charge in [0.2, 0.25) is 0 Å². The van der Waals surface area contributed by atoms with Crippen LogP contribution in [0.1, 0.15) is 36.2 Å². The number of aryl methyl sites for hydroxylation is 1. The Bertz CT molecular complexity index is 494. The molecular formula is C14H20N4O2. The molecule has 0 aliphatic rings. The fourth-order valence-corrected chi connectivity index (χ4v) is 2.25. The zero-order valence-electron chi connectivity index (χ0n) is 11.9. The van der Waals surface area contributed by atoms with Crippen LogP contribution >= 0.6 is 0 Å². The van der Waals surface area contributed by atoms with Crippen LogP contribution in [0.5, 0.6) is 0 Å². The molecule has 0 aliphatic carbocycles. The van der Waals surface area contributed by atoms with Crippen LogP contribution in [0.4, 0.5) is 0 Å². The molecule has 0 aromatic heterocycles. The second-order valence-electron chi connectivity index (χ2n) is 4.41. The van der Waals surface area contributed by atoms with E-state index in [4.69, 9.17) is 10.6 Å². The zero-order chi connectivity index (χ0) is 15.0. The fraction of sp³-hybridized carbons (Fsp3) is 0.500. The lowest BCUT2D eigenvalue weighted by Gasteiger charge is -2.25. The quantitative estimate of drug-likeness (QED) is 0.448. The third kappa shape index (κ3) is 4.26. The van der Waals surface area contributed by atoms with Gasteiger partial charge in [0.25, 0.3) is 0 Å². The summed E-state index contributed by atoms with van der Waals surface area (Å²) in [6.45, 7) is 5.60. The number of carboxylic acid groups (broad SMARTS) is 1. The number of aromatic carboxylic acids is 1. The summed E-state index contributed by atoms with van der Waals surface area (Å²) >= 11 is 0. The molecule has 0 radical (unpaired) electrons. The van der Waals surface area contributed by atoms with E-state index in [0.29, 0.717) is 18.4 Å². The Labute approximate surface area is 118 Å². The highest BCUT2D eigenvalue weighted by atomic mass is 16.4. The van der Waals surface area contributed by atoms with Gasteiger partial charge in [-0.25, -0.2) is 4.79 Å². The lowest BCUT2D eigenvalue weighted by Crippen LogP contribution is -2.33. The first-order valence-corrected chi connectivity index (χ1v) is 6.73. The van der Waals surface area contributed by atoms with E-state index in [2.05, 4.69) is 14.9 Å². The molecule has 0 bridgehead atoms. The van der Waals surface area contributed by atoms with Crippen LogP contribution in [0.3, 0.4) is 0 Å². The molecule has 0 spiro atoms. The van der Waals surface area contributed by atoms with E-state index in [1.165, 1.54) is 0 Å². The zero-order valence-corrected chi connectivity index (χ0v) is 11.9. The van der Waals surface area contributed by atoms with Crippen LogP contribution in [0.15, 0.2) is 29.4 Å². The fourth-order valence-electron chi connectivity index (χ4n) is 2.25. The summed E-state index contributed by atoms with van der Waals surface area (Å²) in [4.78, 5) is 16.1. The normalized spacial score (nSPS) is 11.9. The molecule has 1 aromatic carbocycles. The van der Waals surface area contributed by atoms with E-state index in [0.717, 1.165) is 18.7 Å². The predicted molar refractivity (Wildman–Crippen MR) is 77.6 cm³/mol. The van der Waals surface area contributed by atoms with Crippen molar-refractivity contribution in [3.63, 3.8) is 0 Å². The smallest absolute Gasteiger partial charge is 0.335 e. The van der Waals surface area contributed by atoms with Crippen molar-refractivity contribution in [2.24, 2.45) is 5.11 Å². The molecule has 0 heterocycles. The summed E-state index contributed by atoms with van der Waals surface area (Å²) < 4.78 is 0. The van der Waals surface area contributed by atoms with Gasteiger partial charge >= 0.3 is 5.97 Å². The third-order valence-electron chi connectivity index (χ3n) is 3.34. The molecule has 1 atom stereocenters. The Kier molecular flexibility index (Phi) is 6.56. The lowest BCUT2D eigenvalue weighted by molar-refractivity contribution is 0.0695.